The van der Waals surface area contributed by atoms with Crippen molar-refractivity contribution < 1.29 is 14.3 Å². The average Bonchev–Trinajstić information content (AvgIpc) is 3.08. The van der Waals surface area contributed by atoms with E-state index in [9.17, 15) is 9.59 Å². The van der Waals surface area contributed by atoms with Gasteiger partial charge in [-0.15, -0.1) is 11.3 Å². The largest absolute Gasteiger partial charge is 0.422 e. The number of benzene rings is 3. The van der Waals surface area contributed by atoms with E-state index in [2.05, 4.69) is 5.32 Å². The summed E-state index contributed by atoms with van der Waals surface area (Å²) in [5.74, 6) is -0.403. The minimum Gasteiger partial charge on any atom is -0.422 e. The van der Waals surface area contributed by atoms with Crippen LogP contribution in [0.25, 0.3) is 10.1 Å². The second kappa shape index (κ2) is 8.30. The predicted octanol–water partition coefficient (Wildman–Crippen LogP) is 6.64. The van der Waals surface area contributed by atoms with Gasteiger partial charge in [0.1, 0.15) is 10.6 Å². The molecule has 1 heterocycles. The lowest BCUT2D eigenvalue weighted by molar-refractivity contribution is 0.0740. The zero-order chi connectivity index (χ0) is 21.3. The van der Waals surface area contributed by atoms with Gasteiger partial charge < -0.3 is 10.1 Å². The lowest BCUT2D eigenvalue weighted by atomic mass is 10.1. The van der Waals surface area contributed by atoms with Gasteiger partial charge in [-0.3, -0.25) is 4.79 Å². The molecule has 1 amide bonds. The number of hydrogen-bond donors (Lipinski definition) is 1. The second-order valence-electron chi connectivity index (χ2n) is 6.93. The van der Waals surface area contributed by atoms with Crippen LogP contribution in [0.5, 0.6) is 5.75 Å². The van der Waals surface area contributed by atoms with Crippen molar-refractivity contribution in [3.63, 3.8) is 0 Å². The van der Waals surface area contributed by atoms with Crippen molar-refractivity contribution >= 4 is 50.6 Å². The lowest BCUT2D eigenvalue weighted by Gasteiger charge is -2.10. The molecule has 0 saturated heterocycles. The molecule has 0 radical (unpaired) electrons. The number of anilines is 1. The summed E-state index contributed by atoms with van der Waals surface area (Å²) in [6.45, 7) is 3.91. The molecule has 1 aromatic heterocycles. The van der Waals surface area contributed by atoms with Crippen molar-refractivity contribution in [3.8, 4) is 5.75 Å². The monoisotopic (exact) mass is 435 g/mol. The van der Waals surface area contributed by atoms with Crippen LogP contribution in [0, 0.1) is 13.8 Å². The van der Waals surface area contributed by atoms with Crippen LogP contribution in [-0.2, 0) is 0 Å². The number of carbonyl (C=O) groups excluding carboxylic acids is 2. The molecule has 0 aliphatic carbocycles. The molecule has 30 heavy (non-hydrogen) atoms. The highest BCUT2D eigenvalue weighted by Crippen LogP contribution is 2.35. The summed E-state index contributed by atoms with van der Waals surface area (Å²) in [6.07, 6.45) is 0. The van der Waals surface area contributed by atoms with E-state index in [0.717, 1.165) is 26.9 Å². The van der Waals surface area contributed by atoms with E-state index in [-0.39, 0.29) is 5.91 Å². The number of halogens is 1. The zero-order valence-corrected chi connectivity index (χ0v) is 17.9. The molecule has 4 rings (SSSR count). The Bertz CT molecular complexity index is 1260. The molecule has 0 aliphatic heterocycles. The van der Waals surface area contributed by atoms with Crippen molar-refractivity contribution in [1.82, 2.24) is 0 Å². The molecule has 0 atom stereocenters. The van der Waals surface area contributed by atoms with Crippen LogP contribution in [0.3, 0.4) is 0 Å². The van der Waals surface area contributed by atoms with E-state index < -0.39 is 5.97 Å². The average molecular weight is 436 g/mol. The Morgan fingerprint density at radius 1 is 0.967 bits per heavy atom. The van der Waals surface area contributed by atoms with E-state index in [1.165, 1.54) is 11.3 Å². The van der Waals surface area contributed by atoms with E-state index in [0.29, 0.717) is 21.2 Å². The van der Waals surface area contributed by atoms with Gasteiger partial charge in [0, 0.05) is 21.3 Å². The lowest BCUT2D eigenvalue weighted by Crippen LogP contribution is -2.13. The number of hydrogen-bond acceptors (Lipinski definition) is 4. The normalized spacial score (nSPS) is 10.8. The third-order valence-corrected chi connectivity index (χ3v) is 6.34. The molecule has 0 aliphatic rings. The first-order chi connectivity index (χ1) is 14.4. The van der Waals surface area contributed by atoms with Crippen LogP contribution in [0.4, 0.5) is 5.69 Å². The molecular formula is C24H18ClNO3S. The van der Waals surface area contributed by atoms with Gasteiger partial charge in [-0.25, -0.2) is 4.79 Å². The van der Waals surface area contributed by atoms with Crippen LogP contribution in [-0.4, -0.2) is 11.9 Å². The summed E-state index contributed by atoms with van der Waals surface area (Å²) < 4.78 is 6.38. The van der Waals surface area contributed by atoms with E-state index >= 15 is 0 Å². The Kier molecular flexibility index (Phi) is 5.57. The van der Waals surface area contributed by atoms with E-state index in [1.807, 2.05) is 56.3 Å². The zero-order valence-electron chi connectivity index (χ0n) is 16.4. The van der Waals surface area contributed by atoms with Crippen LogP contribution < -0.4 is 10.1 Å². The number of amides is 1. The summed E-state index contributed by atoms with van der Waals surface area (Å²) in [4.78, 5) is 25.5. The number of esters is 1. The molecule has 0 spiro atoms. The van der Waals surface area contributed by atoms with Crippen molar-refractivity contribution in [2.75, 3.05) is 5.32 Å². The van der Waals surface area contributed by atoms with Gasteiger partial charge in [0.15, 0.2) is 0 Å². The number of aryl methyl sites for hydroxylation is 2. The first-order valence-corrected chi connectivity index (χ1v) is 10.5. The second-order valence-corrected chi connectivity index (χ2v) is 8.36. The number of fused-ring (bicyclic) bond motifs is 1. The predicted molar refractivity (Wildman–Crippen MR) is 122 cm³/mol. The maximum Gasteiger partial charge on any atom is 0.355 e. The summed E-state index contributed by atoms with van der Waals surface area (Å²) in [7, 11) is 0. The molecule has 4 aromatic rings. The SMILES string of the molecule is Cc1ccc(C)c(NC(=O)c2ccc(OC(=O)c3sc4ccccc4c3Cl)cc2)c1. The molecule has 0 saturated carbocycles. The van der Waals surface area contributed by atoms with Gasteiger partial charge in [-0.2, -0.15) is 0 Å². The third-order valence-electron chi connectivity index (χ3n) is 4.69. The van der Waals surface area contributed by atoms with Crippen molar-refractivity contribution in [2.45, 2.75) is 13.8 Å². The highest BCUT2D eigenvalue weighted by atomic mass is 35.5. The van der Waals surface area contributed by atoms with Crippen molar-refractivity contribution in [3.05, 3.63) is 93.3 Å². The Morgan fingerprint density at radius 3 is 2.43 bits per heavy atom. The molecule has 1 N–H and O–H groups in total. The molecule has 3 aromatic carbocycles. The number of thiophene rings is 1. The van der Waals surface area contributed by atoms with Crippen LogP contribution >= 0.6 is 22.9 Å². The first-order valence-electron chi connectivity index (χ1n) is 9.30. The molecular weight excluding hydrogens is 418 g/mol. The topological polar surface area (TPSA) is 55.4 Å². The van der Waals surface area contributed by atoms with Gasteiger partial charge in [-0.1, -0.05) is 41.9 Å². The van der Waals surface area contributed by atoms with Crippen LogP contribution in [0.2, 0.25) is 5.02 Å². The highest BCUT2D eigenvalue weighted by Gasteiger charge is 2.19. The third kappa shape index (κ3) is 4.08. The van der Waals surface area contributed by atoms with Gasteiger partial charge in [0.05, 0.1) is 5.02 Å². The first kappa shape index (κ1) is 20.1. The van der Waals surface area contributed by atoms with Gasteiger partial charge in [0.2, 0.25) is 0 Å². The van der Waals surface area contributed by atoms with Crippen LogP contribution in [0.15, 0.2) is 66.7 Å². The fraction of sp³-hybridized carbons (Fsp3) is 0.0833. The standard InChI is InChI=1S/C24H18ClNO3S/c1-14-7-8-15(2)19(13-14)26-23(27)16-9-11-17(12-10-16)29-24(28)22-21(25)18-5-3-4-6-20(18)30-22/h3-13H,1-2H3,(H,26,27). The molecule has 4 nitrogen and oxygen atoms in total. The van der Waals surface area contributed by atoms with Gasteiger partial charge in [-0.05, 0) is 61.4 Å². The Balaban J connectivity index is 1.48. The summed E-state index contributed by atoms with van der Waals surface area (Å²) in [6, 6.07) is 19.9. The van der Waals surface area contributed by atoms with Gasteiger partial charge in [0.25, 0.3) is 5.91 Å². The Labute approximate surface area is 183 Å². The fourth-order valence-electron chi connectivity index (χ4n) is 3.04. The molecule has 0 bridgehead atoms. The summed E-state index contributed by atoms with van der Waals surface area (Å²) in [5.41, 5.74) is 3.29. The van der Waals surface area contributed by atoms with Crippen LogP contribution in [0.1, 0.15) is 31.2 Å². The molecule has 6 heteroatoms. The molecule has 0 fully saturated rings. The van der Waals surface area contributed by atoms with E-state index in [1.54, 1.807) is 24.3 Å². The number of carbonyl (C=O) groups is 2. The Morgan fingerprint density at radius 2 is 1.70 bits per heavy atom. The van der Waals surface area contributed by atoms with E-state index in [4.69, 9.17) is 16.3 Å². The minimum absolute atomic E-state index is 0.228. The maximum atomic E-state index is 12.6. The fourth-order valence-corrected chi connectivity index (χ4v) is 4.42. The maximum absolute atomic E-state index is 12.6. The number of rotatable bonds is 4. The molecule has 0 unspecified atom stereocenters. The van der Waals surface area contributed by atoms with Gasteiger partial charge >= 0.3 is 5.97 Å². The summed E-state index contributed by atoms with van der Waals surface area (Å²) in [5, 5.41) is 4.14. The number of ether oxygens (including phenoxy) is 1. The quantitative estimate of drug-likeness (QED) is 0.288. The highest BCUT2D eigenvalue weighted by molar-refractivity contribution is 7.21. The molecule has 150 valence electrons. The van der Waals surface area contributed by atoms with Crippen molar-refractivity contribution in [1.29, 1.82) is 0 Å². The van der Waals surface area contributed by atoms with Crippen molar-refractivity contribution in [2.24, 2.45) is 0 Å². The number of nitrogens with one attached hydrogen (secondary N) is 1. The smallest absolute Gasteiger partial charge is 0.355 e. The summed E-state index contributed by atoms with van der Waals surface area (Å²) >= 11 is 7.63. The Hall–Kier alpha value is -3.15. The minimum atomic E-state index is -0.520.